The van der Waals surface area contributed by atoms with Gasteiger partial charge in [-0.2, -0.15) is 0 Å². The Morgan fingerprint density at radius 3 is 2.88 bits per heavy atom. The highest BCUT2D eigenvalue weighted by molar-refractivity contribution is 7.80. The van der Waals surface area contributed by atoms with E-state index < -0.39 is 0 Å². The first-order valence-corrected chi connectivity index (χ1v) is 3.26. The van der Waals surface area contributed by atoms with Crippen molar-refractivity contribution in [1.29, 1.82) is 0 Å². The fourth-order valence-corrected chi connectivity index (χ4v) is 0.446. The minimum Gasteiger partial charge on any atom is -0.377 e. The topological polar surface area (TPSA) is 9.23 Å². The van der Waals surface area contributed by atoms with Gasteiger partial charge in [-0.25, -0.2) is 0 Å². The minimum atomic E-state index is 0.648. The highest BCUT2D eigenvalue weighted by Gasteiger charge is 1.80. The first-order valence-electron chi connectivity index (χ1n) is 2.68. The van der Waals surface area contributed by atoms with Gasteiger partial charge in [0.1, 0.15) is 0 Å². The number of rotatable bonds is 5. The zero-order valence-corrected chi connectivity index (χ0v) is 5.75. The molecule has 0 aromatic rings. The lowest BCUT2D eigenvalue weighted by Crippen LogP contribution is -1.93. The Hall–Kier alpha value is 0.0500. The van der Waals surface area contributed by atoms with E-state index in [1.807, 2.05) is 0 Å². The summed E-state index contributed by atoms with van der Waals surface area (Å²) in [5, 5.41) is 0. The van der Waals surface area contributed by atoms with Gasteiger partial charge in [-0.3, -0.25) is 0 Å². The van der Waals surface area contributed by atoms with Crippen LogP contribution in [0.5, 0.6) is 0 Å². The molecule has 0 unspecified atom stereocenters. The van der Waals surface area contributed by atoms with Gasteiger partial charge in [0, 0.05) is 12.4 Å². The van der Waals surface area contributed by atoms with Crippen molar-refractivity contribution in [1.82, 2.24) is 0 Å². The molecule has 8 heavy (non-hydrogen) atoms. The van der Waals surface area contributed by atoms with Crippen molar-refractivity contribution in [3.63, 3.8) is 0 Å². The van der Waals surface area contributed by atoms with Crippen LogP contribution < -0.4 is 0 Å². The van der Waals surface area contributed by atoms with Crippen LogP contribution in [-0.4, -0.2) is 19.0 Å². The standard InChI is InChI=1S/C6H11OS/c1-2-4-7-5-3-6-8/h2H,1,3-6H2. The van der Waals surface area contributed by atoms with Crippen LogP contribution in [0.4, 0.5) is 0 Å². The van der Waals surface area contributed by atoms with Crippen molar-refractivity contribution < 1.29 is 4.74 Å². The molecule has 0 spiro atoms. The van der Waals surface area contributed by atoms with E-state index >= 15 is 0 Å². The molecule has 0 aliphatic carbocycles. The summed E-state index contributed by atoms with van der Waals surface area (Å²) in [6.45, 7) is 4.93. The first kappa shape index (κ1) is 8.05. The van der Waals surface area contributed by atoms with Crippen LogP contribution in [0.25, 0.3) is 0 Å². The Morgan fingerprint density at radius 2 is 2.38 bits per heavy atom. The summed E-state index contributed by atoms with van der Waals surface area (Å²) < 4.78 is 5.04. The van der Waals surface area contributed by atoms with Crippen molar-refractivity contribution >= 4 is 12.6 Å². The van der Waals surface area contributed by atoms with E-state index in [1.165, 1.54) is 0 Å². The Balaban J connectivity index is 2.62. The van der Waals surface area contributed by atoms with Crippen LogP contribution in [0.15, 0.2) is 12.7 Å². The lowest BCUT2D eigenvalue weighted by molar-refractivity contribution is 0.164. The van der Waals surface area contributed by atoms with E-state index in [-0.39, 0.29) is 0 Å². The molecule has 0 saturated carbocycles. The maximum absolute atomic E-state index is 5.04. The molecule has 0 bridgehead atoms. The van der Waals surface area contributed by atoms with E-state index in [1.54, 1.807) is 6.08 Å². The molecule has 0 atom stereocenters. The van der Waals surface area contributed by atoms with Gasteiger partial charge in [0.25, 0.3) is 0 Å². The summed E-state index contributed by atoms with van der Waals surface area (Å²) in [4.78, 5) is 0. The van der Waals surface area contributed by atoms with Gasteiger partial charge < -0.3 is 4.74 Å². The van der Waals surface area contributed by atoms with E-state index in [9.17, 15) is 0 Å². The van der Waals surface area contributed by atoms with Crippen LogP contribution in [0.1, 0.15) is 6.42 Å². The van der Waals surface area contributed by atoms with Gasteiger partial charge in [-0.1, -0.05) is 18.7 Å². The lowest BCUT2D eigenvalue weighted by Gasteiger charge is -1.95. The van der Waals surface area contributed by atoms with E-state index in [4.69, 9.17) is 17.4 Å². The van der Waals surface area contributed by atoms with Gasteiger partial charge in [0.15, 0.2) is 0 Å². The summed E-state index contributed by atoms with van der Waals surface area (Å²) in [5.41, 5.74) is 0. The molecule has 0 aliphatic rings. The number of ether oxygens (including phenoxy) is 1. The summed E-state index contributed by atoms with van der Waals surface area (Å²) in [6, 6.07) is 0. The van der Waals surface area contributed by atoms with Crippen LogP contribution >= 0.6 is 12.6 Å². The van der Waals surface area contributed by atoms with E-state index in [0.717, 1.165) is 18.8 Å². The zero-order chi connectivity index (χ0) is 6.24. The molecule has 1 nitrogen and oxygen atoms in total. The summed E-state index contributed by atoms with van der Waals surface area (Å²) in [5.74, 6) is 0.789. The fourth-order valence-electron chi connectivity index (χ4n) is 0.328. The third-order valence-corrected chi connectivity index (χ3v) is 0.957. The van der Waals surface area contributed by atoms with Gasteiger partial charge in [-0.15, -0.1) is 6.58 Å². The van der Waals surface area contributed by atoms with Crippen molar-refractivity contribution in [2.24, 2.45) is 0 Å². The SMILES string of the molecule is C=CCOCCC[S]. The Kier molecular flexibility index (Phi) is 7.09. The van der Waals surface area contributed by atoms with Crippen LogP contribution in [0.3, 0.4) is 0 Å². The lowest BCUT2D eigenvalue weighted by atomic mass is 10.5. The molecule has 0 amide bonds. The molecule has 0 fully saturated rings. The summed E-state index contributed by atoms with van der Waals surface area (Å²) in [6.07, 6.45) is 2.71. The van der Waals surface area contributed by atoms with Crippen LogP contribution in [0, 0.1) is 0 Å². The van der Waals surface area contributed by atoms with Gasteiger partial charge in [0.2, 0.25) is 0 Å². The molecule has 0 rings (SSSR count). The molecule has 0 saturated heterocycles. The fraction of sp³-hybridized carbons (Fsp3) is 0.667. The Labute approximate surface area is 56.1 Å². The number of hydrogen-bond donors (Lipinski definition) is 0. The highest BCUT2D eigenvalue weighted by Crippen LogP contribution is 1.84. The second kappa shape index (κ2) is 7.05. The van der Waals surface area contributed by atoms with Crippen LogP contribution in [-0.2, 0) is 4.74 Å². The van der Waals surface area contributed by atoms with Gasteiger partial charge in [0.05, 0.1) is 6.61 Å². The molecule has 47 valence electrons. The van der Waals surface area contributed by atoms with Crippen molar-refractivity contribution in [3.05, 3.63) is 12.7 Å². The third kappa shape index (κ3) is 6.05. The molecule has 0 aromatic heterocycles. The first-order chi connectivity index (χ1) is 3.91. The average Bonchev–Trinajstić information content (AvgIpc) is 1.81. The quantitative estimate of drug-likeness (QED) is 0.408. The monoisotopic (exact) mass is 131 g/mol. The Bertz CT molecular complexity index is 54.5. The highest BCUT2D eigenvalue weighted by atomic mass is 32.1. The van der Waals surface area contributed by atoms with Crippen LogP contribution in [0.2, 0.25) is 0 Å². The molecule has 0 N–H and O–H groups in total. The van der Waals surface area contributed by atoms with E-state index in [0.29, 0.717) is 6.61 Å². The van der Waals surface area contributed by atoms with Gasteiger partial charge >= 0.3 is 0 Å². The van der Waals surface area contributed by atoms with Crippen molar-refractivity contribution in [2.45, 2.75) is 6.42 Å². The molecular weight excluding hydrogens is 120 g/mol. The zero-order valence-electron chi connectivity index (χ0n) is 4.93. The predicted octanol–water partition coefficient (Wildman–Crippen LogP) is 1.78. The smallest absolute Gasteiger partial charge is 0.0644 e. The maximum atomic E-state index is 5.04. The number of hydrogen-bond acceptors (Lipinski definition) is 1. The normalized spacial score (nSPS) is 9.12. The molecule has 0 aromatic carbocycles. The average molecular weight is 131 g/mol. The Morgan fingerprint density at radius 1 is 1.62 bits per heavy atom. The second-order valence-electron chi connectivity index (χ2n) is 1.42. The van der Waals surface area contributed by atoms with E-state index in [2.05, 4.69) is 6.58 Å². The van der Waals surface area contributed by atoms with Gasteiger partial charge in [-0.05, 0) is 6.42 Å². The summed E-state index contributed by atoms with van der Waals surface area (Å²) in [7, 11) is 0. The minimum absolute atomic E-state index is 0.648. The molecule has 2 heteroatoms. The summed E-state index contributed by atoms with van der Waals surface area (Å²) >= 11 is 4.70. The second-order valence-corrected chi connectivity index (χ2v) is 1.83. The molecule has 0 aliphatic heterocycles. The molecular formula is C6H11OS. The third-order valence-electron chi connectivity index (χ3n) is 0.669. The van der Waals surface area contributed by atoms with Crippen molar-refractivity contribution in [2.75, 3.05) is 19.0 Å². The predicted molar refractivity (Wildman–Crippen MR) is 38.1 cm³/mol. The largest absolute Gasteiger partial charge is 0.377 e. The maximum Gasteiger partial charge on any atom is 0.0644 e. The van der Waals surface area contributed by atoms with Crippen molar-refractivity contribution in [3.8, 4) is 0 Å². The molecule has 1 radical (unpaired) electrons. The molecule has 0 heterocycles.